The Bertz CT molecular complexity index is 2790. The van der Waals surface area contributed by atoms with Gasteiger partial charge >= 0.3 is 17.6 Å². The maximum absolute atomic E-state index is 14.4. The predicted molar refractivity (Wildman–Crippen MR) is 228 cm³/mol. The van der Waals surface area contributed by atoms with Crippen molar-refractivity contribution in [1.29, 1.82) is 0 Å². The molecule has 2 aliphatic heterocycles. The number of epoxide rings is 1. The molecule has 3 aliphatic carbocycles. The summed E-state index contributed by atoms with van der Waals surface area (Å²) < 4.78 is 28.3. The molecule has 3 heterocycles. The van der Waals surface area contributed by atoms with Crippen LogP contribution in [0.4, 0.5) is 5.69 Å². The number of carbonyl (C=O) groups is 4. The van der Waals surface area contributed by atoms with E-state index in [2.05, 4.69) is 5.32 Å². The number of allylic oxidation sites excluding steroid dienone is 6. The van der Waals surface area contributed by atoms with E-state index in [9.17, 15) is 64.8 Å². The van der Waals surface area contributed by atoms with Crippen LogP contribution in [0.5, 0.6) is 17.2 Å². The summed E-state index contributed by atoms with van der Waals surface area (Å²) >= 11 is 5.94. The molecule has 2 saturated heterocycles. The summed E-state index contributed by atoms with van der Waals surface area (Å²) in [5.41, 5.74) is -11.7. The number of fused-ring (bicyclic) bond motifs is 3. The zero-order valence-electron chi connectivity index (χ0n) is 35.2. The largest absolute Gasteiger partial charge is 0.507 e. The van der Waals surface area contributed by atoms with E-state index in [-0.39, 0.29) is 51.3 Å². The van der Waals surface area contributed by atoms with Gasteiger partial charge in [0.2, 0.25) is 17.3 Å². The Morgan fingerprint density at radius 1 is 0.924 bits per heavy atom. The van der Waals surface area contributed by atoms with Crippen molar-refractivity contribution in [3.05, 3.63) is 117 Å². The lowest BCUT2D eigenvalue weighted by molar-refractivity contribution is -0.245. The fraction of sp³-hybridized carbons (Fsp3) is 0.370. The molecule has 3 fully saturated rings. The van der Waals surface area contributed by atoms with E-state index in [1.54, 1.807) is 13.8 Å². The number of phenolic OH excluding ortho intramolecular Hbond substituents is 2. The quantitative estimate of drug-likeness (QED) is 0.0372. The molecule has 2 aromatic carbocycles. The lowest BCUT2D eigenvalue weighted by Crippen LogP contribution is -2.79. The highest BCUT2D eigenvalue weighted by molar-refractivity contribution is 6.36. The Kier molecular flexibility index (Phi) is 11.7. The average molecular weight is 934 g/mol. The lowest BCUT2D eigenvalue weighted by atomic mass is 9.50. The Labute approximate surface area is 378 Å². The first-order valence-electron chi connectivity index (χ1n) is 20.6. The molecule has 1 amide bonds. The summed E-state index contributed by atoms with van der Waals surface area (Å²) in [7, 11) is 0. The van der Waals surface area contributed by atoms with Gasteiger partial charge in [-0.2, -0.15) is 0 Å². The summed E-state index contributed by atoms with van der Waals surface area (Å²) in [6.45, 7) is 4.30. The summed E-state index contributed by atoms with van der Waals surface area (Å²) in [6.07, 6.45) is 1.17. The van der Waals surface area contributed by atoms with E-state index in [0.717, 1.165) is 19.1 Å². The molecule has 0 bridgehead atoms. The van der Waals surface area contributed by atoms with Crippen molar-refractivity contribution < 1.29 is 83.4 Å². The van der Waals surface area contributed by atoms with Crippen LogP contribution in [0.15, 0.2) is 93.7 Å². The van der Waals surface area contributed by atoms with E-state index in [1.807, 2.05) is 0 Å². The second kappa shape index (κ2) is 16.6. The number of phenols is 2. The molecule has 20 heteroatoms. The topological polar surface area (TPSA) is 313 Å². The Morgan fingerprint density at radius 2 is 1.61 bits per heavy atom. The minimum atomic E-state index is -2.69. The number of esters is 2. The first kappa shape index (κ1) is 46.4. The number of hydrogen-bond acceptors (Lipinski definition) is 18. The smallest absolute Gasteiger partial charge is 0.364 e. The Balaban J connectivity index is 0.942. The van der Waals surface area contributed by atoms with Crippen LogP contribution < -0.4 is 10.9 Å². The van der Waals surface area contributed by atoms with E-state index in [0.29, 0.717) is 5.57 Å². The molecule has 11 atom stereocenters. The van der Waals surface area contributed by atoms with Crippen molar-refractivity contribution in [2.75, 3.05) is 5.32 Å². The molecule has 0 radical (unpaired) electrons. The molecule has 9 N–H and O–H groups in total. The number of benzene rings is 2. The highest BCUT2D eigenvalue weighted by Crippen LogP contribution is 2.74. The summed E-state index contributed by atoms with van der Waals surface area (Å²) in [5, 5.41) is 92.2. The Hall–Kier alpha value is -6.16. The van der Waals surface area contributed by atoms with Crippen molar-refractivity contribution >= 4 is 51.9 Å². The van der Waals surface area contributed by atoms with Crippen LogP contribution in [0.2, 0.25) is 5.02 Å². The number of carbonyl (C=O) groups excluding carboxylic acids is 4. The van der Waals surface area contributed by atoms with Gasteiger partial charge in [-0.15, -0.1) is 0 Å². The molecular formula is C46H44ClNO18. The first-order valence-corrected chi connectivity index (χ1v) is 21.0. The van der Waals surface area contributed by atoms with Gasteiger partial charge in [-0.05, 0) is 26.0 Å². The molecule has 8 rings (SSSR count). The fourth-order valence-electron chi connectivity index (χ4n) is 9.98. The normalized spacial score (nSPS) is 33.6. The van der Waals surface area contributed by atoms with Gasteiger partial charge in [0, 0.05) is 55.0 Å². The van der Waals surface area contributed by atoms with Crippen molar-refractivity contribution in [2.45, 2.75) is 105 Å². The molecule has 3 aromatic rings. The highest BCUT2D eigenvalue weighted by atomic mass is 35.5. The van der Waals surface area contributed by atoms with Gasteiger partial charge in [0.1, 0.15) is 40.4 Å². The second-order valence-electron chi connectivity index (χ2n) is 16.9. The minimum Gasteiger partial charge on any atom is -0.507 e. The van der Waals surface area contributed by atoms with Crippen LogP contribution in [-0.2, 0) is 33.3 Å². The highest BCUT2D eigenvalue weighted by Gasteiger charge is 2.96. The van der Waals surface area contributed by atoms with E-state index < -0.39 is 118 Å². The number of aliphatic hydroxyl groups is 5. The zero-order chi connectivity index (χ0) is 47.8. The molecule has 11 unspecified atom stereocenters. The minimum absolute atomic E-state index is 0.0200. The van der Waals surface area contributed by atoms with Gasteiger partial charge < -0.3 is 69.5 Å². The molecule has 19 nitrogen and oxygen atoms in total. The number of hydrogen-bond donors (Lipinski definition) is 9. The monoisotopic (exact) mass is 933 g/mol. The van der Waals surface area contributed by atoms with Crippen LogP contribution in [0.3, 0.4) is 0 Å². The van der Waals surface area contributed by atoms with Crippen LogP contribution in [0.1, 0.15) is 73.7 Å². The number of ether oxygens (including phenoxy) is 4. The molecule has 1 aromatic heterocycles. The van der Waals surface area contributed by atoms with Gasteiger partial charge in [-0.1, -0.05) is 71.8 Å². The van der Waals surface area contributed by atoms with Crippen LogP contribution in [-0.4, -0.2) is 117 Å². The molecule has 5 aliphatic rings. The number of halogens is 1. The number of nitrogens with one attached hydrogen (secondary N) is 1. The number of amides is 1. The second-order valence-corrected chi connectivity index (χ2v) is 17.3. The van der Waals surface area contributed by atoms with Crippen molar-refractivity contribution in [2.24, 2.45) is 0 Å². The van der Waals surface area contributed by atoms with Crippen molar-refractivity contribution in [3.63, 3.8) is 0 Å². The first-order chi connectivity index (χ1) is 31.1. The summed E-state index contributed by atoms with van der Waals surface area (Å²) in [5.74, 6) is -4.94. The third-order valence-corrected chi connectivity index (χ3v) is 13.2. The van der Waals surface area contributed by atoms with Crippen LogP contribution in [0, 0.1) is 0 Å². The van der Waals surface area contributed by atoms with Crippen LogP contribution >= 0.6 is 11.6 Å². The summed E-state index contributed by atoms with van der Waals surface area (Å²) in [6, 6.07) is 5.00. The zero-order valence-corrected chi connectivity index (χ0v) is 36.0. The fourth-order valence-corrected chi connectivity index (χ4v) is 10.2. The molecule has 0 spiro atoms. The number of ketones is 1. The van der Waals surface area contributed by atoms with E-state index in [1.165, 1.54) is 66.8 Å². The standard InChI is InChI=1S/C46H44ClNO18/c1-20-16-29(51)45(61)43(60,18-20)19-30(52)44-41(58)33-24(40(57)46(44,45)66-44)13-12-23(36(33)55)27-17-28(38(21(2)62-27)63-22(3)49)64-32(54)11-9-7-5-4-6-8-10-31(53)48-35-37(56)25-14-15-26(50)34(47)39(25)65-42(35)59/h4-16,21,27-30,38,41,50-52,55-56,58,60-61H,17-19H2,1-3H3,(H,48,53). The number of anilines is 1. The SMILES string of the molecule is CC(=O)OC1C(C)OC(c2ccc3c(c2O)C(O)C24OC2(C3=O)C2(O)C(O)C=C(C)CC2(O)CC4O)CC1OC(=O)C=CC=CC=CC=CC(=O)Nc1c(O)c2ccc(O)c(Cl)c2oc1=O. The van der Waals surface area contributed by atoms with Crippen LogP contribution in [0.25, 0.3) is 11.0 Å². The van der Waals surface area contributed by atoms with E-state index in [4.69, 9.17) is 35.0 Å². The Morgan fingerprint density at radius 3 is 2.30 bits per heavy atom. The van der Waals surface area contributed by atoms with Gasteiger partial charge in [0.25, 0.3) is 0 Å². The lowest BCUT2D eigenvalue weighted by Gasteiger charge is -2.57. The number of aromatic hydroxyl groups is 3. The molecule has 1 saturated carbocycles. The third-order valence-electron chi connectivity index (χ3n) is 12.9. The number of Topliss-reactive ketones (excluding diaryl/α,β-unsaturated/α-hetero) is 1. The van der Waals surface area contributed by atoms with Gasteiger partial charge in [0.15, 0.2) is 34.3 Å². The predicted octanol–water partition coefficient (Wildman–Crippen LogP) is 2.80. The molecule has 348 valence electrons. The van der Waals surface area contributed by atoms with Gasteiger partial charge in [0.05, 0.1) is 23.7 Å². The summed E-state index contributed by atoms with van der Waals surface area (Å²) in [4.78, 5) is 64.3. The number of rotatable bonds is 9. The molecule has 66 heavy (non-hydrogen) atoms. The molecular weight excluding hydrogens is 890 g/mol. The maximum Gasteiger partial charge on any atom is 0.364 e. The number of aliphatic hydroxyl groups excluding tert-OH is 3. The van der Waals surface area contributed by atoms with Crippen molar-refractivity contribution in [3.8, 4) is 17.2 Å². The maximum atomic E-state index is 14.4. The van der Waals surface area contributed by atoms with E-state index >= 15 is 0 Å². The van der Waals surface area contributed by atoms with Gasteiger partial charge in [-0.3, -0.25) is 14.4 Å². The average Bonchev–Trinajstić information content (AvgIpc) is 3.98. The van der Waals surface area contributed by atoms with Gasteiger partial charge in [-0.25, -0.2) is 9.59 Å². The van der Waals surface area contributed by atoms with Crippen molar-refractivity contribution in [1.82, 2.24) is 0 Å². The third kappa shape index (κ3) is 6.96.